The number of allylic oxidation sites excluding steroid dienone is 2. The fourth-order valence-electron chi connectivity index (χ4n) is 2.38. The lowest BCUT2D eigenvalue weighted by atomic mass is 9.87. The molecule has 0 spiro atoms. The van der Waals surface area contributed by atoms with Gasteiger partial charge in [0.1, 0.15) is 11.4 Å². The number of rotatable bonds is 4. The fourth-order valence-corrected chi connectivity index (χ4v) is 3.55. The number of amides is 1. The van der Waals surface area contributed by atoms with Gasteiger partial charge in [0, 0.05) is 18.9 Å². The van der Waals surface area contributed by atoms with Crippen molar-refractivity contribution in [1.82, 2.24) is 15.5 Å². The Morgan fingerprint density at radius 1 is 1.48 bits per heavy atom. The van der Waals surface area contributed by atoms with E-state index < -0.39 is 5.91 Å². The van der Waals surface area contributed by atoms with Crippen LogP contribution in [-0.2, 0) is 0 Å². The number of carbonyl (C=O) groups excluding carboxylic acids is 3. The summed E-state index contributed by atoms with van der Waals surface area (Å²) in [4.78, 5) is 36.7. The van der Waals surface area contributed by atoms with E-state index in [2.05, 4.69) is 15.5 Å². The van der Waals surface area contributed by atoms with Crippen LogP contribution < -0.4 is 5.32 Å². The van der Waals surface area contributed by atoms with E-state index in [1.807, 2.05) is 0 Å². The minimum absolute atomic E-state index is 0.0339. The number of nitrogens with one attached hydrogen (secondary N) is 2. The second-order valence-corrected chi connectivity index (χ2v) is 6.27. The number of Topliss-reactive ketones (excluding diaryl/α,β-unsaturated/α-hetero) is 1. The van der Waals surface area contributed by atoms with Gasteiger partial charge in [-0.1, -0.05) is 6.42 Å². The highest BCUT2D eigenvalue weighted by atomic mass is 32.2. The summed E-state index contributed by atoms with van der Waals surface area (Å²) in [7, 11) is 1.47. The molecule has 1 aromatic rings. The molecule has 7 heteroatoms. The molecule has 0 aliphatic heterocycles. The van der Waals surface area contributed by atoms with Crippen molar-refractivity contribution in [1.29, 1.82) is 0 Å². The molecule has 0 saturated heterocycles. The van der Waals surface area contributed by atoms with Gasteiger partial charge in [-0.25, -0.2) is 0 Å². The molecule has 0 radical (unpaired) electrons. The fraction of sp³-hybridized carbons (Fsp3) is 0.429. The van der Waals surface area contributed by atoms with E-state index in [1.165, 1.54) is 44.1 Å². The Bertz CT molecular complexity index is 658. The quantitative estimate of drug-likeness (QED) is 0.881. The molecule has 6 nitrogen and oxygen atoms in total. The zero-order valence-electron chi connectivity index (χ0n) is 11.6. The standard InChI is InChI=1S/C14H15N3O3S/c1-15-14(20)12-10-11(16-17-12)8(18)5-9(13(10)19)21-6-7-3-2-4-7/h5,7H,2-4,6H2,1H3,(H,15,20)(H,16,17). The average molecular weight is 305 g/mol. The number of thioether (sulfide) groups is 1. The van der Waals surface area contributed by atoms with Crippen molar-refractivity contribution < 1.29 is 14.4 Å². The van der Waals surface area contributed by atoms with Gasteiger partial charge in [-0.05, 0) is 18.8 Å². The Balaban J connectivity index is 1.86. The van der Waals surface area contributed by atoms with Crippen LogP contribution in [0.3, 0.4) is 0 Å². The van der Waals surface area contributed by atoms with E-state index in [0.29, 0.717) is 10.8 Å². The molecule has 3 rings (SSSR count). The van der Waals surface area contributed by atoms with Crippen LogP contribution in [0.1, 0.15) is 50.6 Å². The van der Waals surface area contributed by atoms with Crippen LogP contribution in [0, 0.1) is 5.92 Å². The Kier molecular flexibility index (Phi) is 3.67. The van der Waals surface area contributed by atoms with Gasteiger partial charge in [-0.3, -0.25) is 19.5 Å². The Morgan fingerprint density at radius 3 is 2.86 bits per heavy atom. The first-order valence-corrected chi connectivity index (χ1v) is 7.84. The Labute approximate surface area is 125 Å². The van der Waals surface area contributed by atoms with Crippen LogP contribution >= 0.6 is 11.8 Å². The van der Waals surface area contributed by atoms with Crippen molar-refractivity contribution >= 4 is 29.2 Å². The average Bonchev–Trinajstić information content (AvgIpc) is 2.87. The van der Waals surface area contributed by atoms with Crippen LogP contribution in [-0.4, -0.2) is 40.5 Å². The van der Waals surface area contributed by atoms with Crippen molar-refractivity contribution in [2.24, 2.45) is 5.92 Å². The number of carbonyl (C=O) groups is 3. The van der Waals surface area contributed by atoms with Crippen LogP contribution in [0.15, 0.2) is 11.0 Å². The predicted octanol–water partition coefficient (Wildman–Crippen LogP) is 1.57. The lowest BCUT2D eigenvalue weighted by Gasteiger charge is -2.25. The molecular formula is C14H15N3O3S. The van der Waals surface area contributed by atoms with E-state index >= 15 is 0 Å². The maximum absolute atomic E-state index is 12.5. The monoisotopic (exact) mass is 305 g/mol. The number of H-pyrrole nitrogens is 1. The molecule has 2 N–H and O–H groups in total. The minimum atomic E-state index is -0.449. The highest BCUT2D eigenvalue weighted by Gasteiger charge is 2.34. The topological polar surface area (TPSA) is 91.9 Å². The summed E-state index contributed by atoms with van der Waals surface area (Å²) >= 11 is 1.41. The minimum Gasteiger partial charge on any atom is -0.354 e. The number of hydrogen-bond acceptors (Lipinski definition) is 5. The van der Waals surface area contributed by atoms with Gasteiger partial charge in [0.05, 0.1) is 10.5 Å². The van der Waals surface area contributed by atoms with Crippen molar-refractivity contribution in [3.8, 4) is 0 Å². The zero-order valence-corrected chi connectivity index (χ0v) is 12.4. The van der Waals surface area contributed by atoms with Crippen molar-refractivity contribution in [3.63, 3.8) is 0 Å². The normalized spacial score (nSPS) is 18.0. The van der Waals surface area contributed by atoms with E-state index in [0.717, 1.165) is 5.75 Å². The molecule has 0 aromatic carbocycles. The maximum Gasteiger partial charge on any atom is 0.269 e. The SMILES string of the molecule is CNC(=O)c1[nH]nc2c1C(=O)C(SCC1CCC1)=CC2=O. The van der Waals surface area contributed by atoms with E-state index in [4.69, 9.17) is 0 Å². The van der Waals surface area contributed by atoms with Crippen LogP contribution in [0.5, 0.6) is 0 Å². The molecule has 0 bridgehead atoms. The van der Waals surface area contributed by atoms with Crippen LogP contribution in [0.4, 0.5) is 0 Å². The van der Waals surface area contributed by atoms with Gasteiger partial charge >= 0.3 is 0 Å². The predicted molar refractivity (Wildman–Crippen MR) is 78.5 cm³/mol. The molecular weight excluding hydrogens is 290 g/mol. The van der Waals surface area contributed by atoms with Crippen LogP contribution in [0.2, 0.25) is 0 Å². The highest BCUT2D eigenvalue weighted by Crippen LogP contribution is 2.35. The summed E-state index contributed by atoms with van der Waals surface area (Å²) in [5, 5.41) is 8.73. The van der Waals surface area contributed by atoms with Gasteiger partial charge in [-0.2, -0.15) is 5.10 Å². The number of nitrogens with zero attached hydrogens (tertiary/aromatic N) is 1. The first-order chi connectivity index (χ1) is 10.1. The van der Waals surface area contributed by atoms with Gasteiger partial charge in [0.15, 0.2) is 0 Å². The van der Waals surface area contributed by atoms with E-state index in [-0.39, 0.29) is 28.5 Å². The third-order valence-corrected chi connectivity index (χ3v) is 5.12. The smallest absolute Gasteiger partial charge is 0.269 e. The van der Waals surface area contributed by atoms with E-state index in [9.17, 15) is 14.4 Å². The number of ketones is 2. The third kappa shape index (κ3) is 2.42. The van der Waals surface area contributed by atoms with Crippen molar-refractivity contribution in [2.45, 2.75) is 19.3 Å². The van der Waals surface area contributed by atoms with Gasteiger partial charge < -0.3 is 5.32 Å². The summed E-state index contributed by atoms with van der Waals surface area (Å²) < 4.78 is 0. The summed E-state index contributed by atoms with van der Waals surface area (Å²) in [6.07, 6.45) is 4.94. The molecule has 0 unspecified atom stereocenters. The molecule has 1 fully saturated rings. The summed E-state index contributed by atoms with van der Waals surface area (Å²) in [5.74, 6) is 0.402. The second kappa shape index (κ2) is 5.48. The lowest BCUT2D eigenvalue weighted by Crippen LogP contribution is -2.24. The molecule has 1 amide bonds. The summed E-state index contributed by atoms with van der Waals surface area (Å²) in [6, 6.07) is 0. The first-order valence-electron chi connectivity index (χ1n) is 6.85. The number of fused-ring (bicyclic) bond motifs is 1. The second-order valence-electron chi connectivity index (χ2n) is 5.21. The number of aromatic amines is 1. The van der Waals surface area contributed by atoms with Gasteiger partial charge in [0.2, 0.25) is 11.6 Å². The third-order valence-electron chi connectivity index (χ3n) is 3.87. The van der Waals surface area contributed by atoms with Gasteiger partial charge in [0.25, 0.3) is 5.91 Å². The molecule has 0 atom stereocenters. The van der Waals surface area contributed by atoms with E-state index in [1.54, 1.807) is 0 Å². The maximum atomic E-state index is 12.5. The number of hydrogen-bond donors (Lipinski definition) is 2. The molecule has 2 aliphatic carbocycles. The summed E-state index contributed by atoms with van der Waals surface area (Å²) in [6.45, 7) is 0. The van der Waals surface area contributed by atoms with Crippen molar-refractivity contribution in [2.75, 3.05) is 12.8 Å². The number of aromatic nitrogens is 2. The lowest BCUT2D eigenvalue weighted by molar-refractivity contribution is 0.0945. The zero-order chi connectivity index (χ0) is 15.0. The Hall–Kier alpha value is -1.89. The largest absolute Gasteiger partial charge is 0.354 e. The molecule has 2 aliphatic rings. The highest BCUT2D eigenvalue weighted by molar-refractivity contribution is 8.04. The van der Waals surface area contributed by atoms with Gasteiger partial charge in [-0.15, -0.1) is 11.8 Å². The molecule has 1 heterocycles. The molecule has 21 heavy (non-hydrogen) atoms. The molecule has 1 aromatic heterocycles. The van der Waals surface area contributed by atoms with Crippen LogP contribution in [0.25, 0.3) is 0 Å². The van der Waals surface area contributed by atoms with Crippen molar-refractivity contribution in [3.05, 3.63) is 27.9 Å². The Morgan fingerprint density at radius 2 is 2.24 bits per heavy atom. The molecule has 110 valence electrons. The first kappa shape index (κ1) is 14.1. The molecule has 1 saturated carbocycles. The summed E-state index contributed by atoms with van der Waals surface area (Å²) in [5.41, 5.74) is 0.185.